The number of rotatable bonds is 13. The van der Waals surface area contributed by atoms with E-state index in [9.17, 15) is 34.5 Å². The average molecular weight is 941 g/mol. The van der Waals surface area contributed by atoms with Crippen LogP contribution in [0.15, 0.2) is 0 Å². The Morgan fingerprint density at radius 1 is 0.636 bits per heavy atom. The summed E-state index contributed by atoms with van der Waals surface area (Å²) >= 11 is 0. The van der Waals surface area contributed by atoms with E-state index in [-0.39, 0.29) is 121 Å². The third kappa shape index (κ3) is 11.0. The van der Waals surface area contributed by atoms with Gasteiger partial charge in [0.05, 0.1) is 45.1 Å². The highest BCUT2D eigenvalue weighted by Gasteiger charge is 2.69. The molecule has 0 aromatic carbocycles. The third-order valence-electron chi connectivity index (χ3n) is 15.9. The van der Waals surface area contributed by atoms with E-state index in [1.54, 1.807) is 41.5 Å². The van der Waals surface area contributed by atoms with Crippen molar-refractivity contribution in [2.45, 2.75) is 261 Å². The summed E-state index contributed by atoms with van der Waals surface area (Å²) in [7, 11) is 0. The lowest BCUT2D eigenvalue weighted by atomic mass is 9.46. The van der Waals surface area contributed by atoms with Gasteiger partial charge in [0.2, 0.25) is 12.4 Å². The van der Waals surface area contributed by atoms with Crippen LogP contribution in [0.25, 0.3) is 0 Å². The van der Waals surface area contributed by atoms with E-state index in [1.807, 2.05) is 6.92 Å². The molecule has 10 aliphatic rings. The van der Waals surface area contributed by atoms with Gasteiger partial charge in [-0.2, -0.15) is 0 Å². The Labute approximate surface area is 397 Å². The second kappa shape index (κ2) is 19.2. The van der Waals surface area contributed by atoms with Gasteiger partial charge in [0.15, 0.2) is 0 Å². The molecule has 2 heterocycles. The molecule has 0 amide bonds. The maximum Gasteiger partial charge on any atom is 0.348 e. The van der Waals surface area contributed by atoms with Crippen LogP contribution in [-0.4, -0.2) is 97.8 Å². The van der Waals surface area contributed by atoms with Crippen molar-refractivity contribution in [2.75, 3.05) is 6.61 Å². The Morgan fingerprint density at radius 3 is 1.62 bits per heavy atom. The van der Waals surface area contributed by atoms with Crippen molar-refractivity contribution in [3.8, 4) is 0 Å². The molecule has 8 bridgehead atoms. The second-order valence-electron chi connectivity index (χ2n) is 23.3. The number of carbonyl (C=O) groups is 5. The summed E-state index contributed by atoms with van der Waals surface area (Å²) in [6.45, 7) is 12.5. The number of hydrogen-bond acceptors (Lipinski definition) is 14. The molecule has 3 N–H and O–H groups in total. The highest BCUT2D eigenvalue weighted by atomic mass is 16.7. The van der Waals surface area contributed by atoms with E-state index in [4.69, 9.17) is 28.4 Å². The Balaban J connectivity index is 0.00000249. The number of cyclic esters (lactones) is 1. The summed E-state index contributed by atoms with van der Waals surface area (Å²) in [5.74, 6) is -3.11. The standard InChI is InChI=1S/C46H68O14.6CH4/c1-8-39(6,34(49)59-45-17-28-13-41(23-45,22-42(52,14-28)25-45)36(51)57-31-11-9-10-12-55-31)21-40(7,20-37(2,3)33(48)56-30-19-38(4,5)58-32(30)47)35(50)60-46-18-29-15-43(53,26-46)24-44(54,16-29)27-46;;;;;;/h28-31,52-54H,8-27H2,1-7H3;6*1H4. The van der Waals surface area contributed by atoms with Crippen LogP contribution >= 0.6 is 0 Å². The van der Waals surface area contributed by atoms with E-state index in [0.717, 1.165) is 12.8 Å². The zero-order chi connectivity index (χ0) is 43.6. The summed E-state index contributed by atoms with van der Waals surface area (Å²) in [6.07, 6.45) is 5.09. The molecule has 14 nitrogen and oxygen atoms in total. The SMILES string of the molecule is C.C.C.C.C.C.CCC(C)(CC(C)(CC(C)(C)C(=O)OC1CC(C)(C)OC1=O)C(=O)OC12CC3CC(O)(CC(O)(C3)C1)C2)C(=O)OC12CC3CC(O)(C1)CC(C(=O)OC1CCCCO1)(C3)C2. The van der Waals surface area contributed by atoms with Gasteiger partial charge in [-0.1, -0.05) is 51.5 Å². The predicted molar refractivity (Wildman–Crippen MR) is 252 cm³/mol. The maximum atomic E-state index is 15.0. The molecule has 10 atom stereocenters. The molecule has 0 aromatic heterocycles. The predicted octanol–water partition coefficient (Wildman–Crippen LogP) is 9.48. The highest BCUT2D eigenvalue weighted by molar-refractivity contribution is 5.85. The minimum Gasteiger partial charge on any atom is -0.458 e. The largest absolute Gasteiger partial charge is 0.458 e. The van der Waals surface area contributed by atoms with E-state index < -0.39 is 97.5 Å². The van der Waals surface area contributed by atoms with Crippen LogP contribution < -0.4 is 0 Å². The van der Waals surface area contributed by atoms with E-state index in [0.29, 0.717) is 51.6 Å². The number of ether oxygens (including phenoxy) is 6. The van der Waals surface area contributed by atoms with Crippen LogP contribution in [0.1, 0.15) is 215 Å². The lowest BCUT2D eigenvalue weighted by Crippen LogP contribution is -2.67. The molecule has 2 aliphatic heterocycles. The summed E-state index contributed by atoms with van der Waals surface area (Å²) in [5, 5.41) is 35.0. The van der Waals surface area contributed by atoms with E-state index >= 15 is 4.79 Å². The second-order valence-corrected chi connectivity index (χ2v) is 23.3. The van der Waals surface area contributed by atoms with Gasteiger partial charge in [-0.05, 0) is 130 Å². The fourth-order valence-electron chi connectivity index (χ4n) is 14.4. The molecule has 0 aromatic rings. The van der Waals surface area contributed by atoms with Gasteiger partial charge in [0, 0.05) is 44.9 Å². The van der Waals surface area contributed by atoms with Crippen molar-refractivity contribution in [1.82, 2.24) is 0 Å². The molecule has 10 rings (SSSR count). The Morgan fingerprint density at radius 2 is 1.15 bits per heavy atom. The van der Waals surface area contributed by atoms with Crippen LogP contribution in [-0.2, 0) is 52.4 Å². The molecule has 66 heavy (non-hydrogen) atoms. The topological polar surface area (TPSA) is 201 Å². The first-order valence-electron chi connectivity index (χ1n) is 22.6. The average Bonchev–Trinajstić information content (AvgIpc) is 3.35. The van der Waals surface area contributed by atoms with Crippen molar-refractivity contribution in [3.05, 3.63) is 0 Å². The van der Waals surface area contributed by atoms with Gasteiger partial charge < -0.3 is 43.7 Å². The lowest BCUT2D eigenvalue weighted by Gasteiger charge is -2.63. The zero-order valence-electron chi connectivity index (χ0n) is 36.8. The normalized spacial score (nSPS) is 39.2. The molecule has 2 saturated heterocycles. The Hall–Kier alpha value is -2.81. The molecular weight excluding hydrogens is 849 g/mol. The zero-order valence-corrected chi connectivity index (χ0v) is 36.8. The molecular formula is C52H92O14. The highest BCUT2D eigenvalue weighted by Crippen LogP contribution is 2.66. The number of hydrogen-bond donors (Lipinski definition) is 3. The van der Waals surface area contributed by atoms with Gasteiger partial charge in [-0.25, -0.2) is 4.79 Å². The molecule has 14 heteroatoms. The van der Waals surface area contributed by atoms with E-state index in [2.05, 4.69) is 0 Å². The van der Waals surface area contributed by atoms with E-state index in [1.165, 1.54) is 0 Å². The molecule has 10 fully saturated rings. The first kappa shape index (κ1) is 59.3. The van der Waals surface area contributed by atoms with Crippen molar-refractivity contribution in [3.63, 3.8) is 0 Å². The van der Waals surface area contributed by atoms with Crippen molar-refractivity contribution in [2.24, 2.45) is 33.5 Å². The van der Waals surface area contributed by atoms with Crippen molar-refractivity contribution < 1.29 is 67.7 Å². The molecule has 10 unspecified atom stereocenters. The van der Waals surface area contributed by atoms with Crippen LogP contribution in [0, 0.1) is 33.5 Å². The lowest BCUT2D eigenvalue weighted by molar-refractivity contribution is -0.265. The molecule has 384 valence electrons. The Bertz CT molecular complexity index is 1790. The third-order valence-corrected chi connectivity index (χ3v) is 15.9. The first-order valence-corrected chi connectivity index (χ1v) is 22.6. The molecule has 8 aliphatic carbocycles. The monoisotopic (exact) mass is 941 g/mol. The molecule has 8 saturated carbocycles. The summed E-state index contributed by atoms with van der Waals surface area (Å²) in [6, 6.07) is 0. The van der Waals surface area contributed by atoms with Crippen LogP contribution in [0.5, 0.6) is 0 Å². The fourth-order valence-corrected chi connectivity index (χ4v) is 14.4. The molecule has 0 radical (unpaired) electrons. The first-order chi connectivity index (χ1) is 27.7. The van der Waals surface area contributed by atoms with Gasteiger partial charge >= 0.3 is 29.8 Å². The van der Waals surface area contributed by atoms with Gasteiger partial charge in [0.1, 0.15) is 16.8 Å². The van der Waals surface area contributed by atoms with Crippen molar-refractivity contribution >= 4 is 29.8 Å². The number of esters is 5. The number of aliphatic hydroxyl groups is 3. The van der Waals surface area contributed by atoms with Gasteiger partial charge in [0.25, 0.3) is 0 Å². The Kier molecular flexibility index (Phi) is 17.2. The maximum absolute atomic E-state index is 15.0. The summed E-state index contributed by atoms with van der Waals surface area (Å²) < 4.78 is 36.0. The minimum atomic E-state index is -1.53. The van der Waals surface area contributed by atoms with Crippen molar-refractivity contribution in [1.29, 1.82) is 0 Å². The summed E-state index contributed by atoms with van der Waals surface area (Å²) in [5.41, 5.74) is -11.9. The van der Waals surface area contributed by atoms with Crippen LogP contribution in [0.3, 0.4) is 0 Å². The van der Waals surface area contributed by atoms with Gasteiger partial charge in [-0.3, -0.25) is 19.2 Å². The number of carbonyl (C=O) groups excluding carboxylic acids is 5. The molecule has 0 spiro atoms. The van der Waals surface area contributed by atoms with Crippen LogP contribution in [0.2, 0.25) is 0 Å². The minimum absolute atomic E-state index is 0. The van der Waals surface area contributed by atoms with Gasteiger partial charge in [-0.15, -0.1) is 0 Å². The fraction of sp³-hybridized carbons (Fsp3) is 0.904. The smallest absolute Gasteiger partial charge is 0.348 e. The summed E-state index contributed by atoms with van der Waals surface area (Å²) in [4.78, 5) is 70.6. The quantitative estimate of drug-likeness (QED) is 0.116. The van der Waals surface area contributed by atoms with Crippen LogP contribution in [0.4, 0.5) is 0 Å².